The number of rotatable bonds is 4. The van der Waals surface area contributed by atoms with Crippen LogP contribution >= 0.6 is 11.6 Å². The molecule has 0 saturated carbocycles. The third-order valence-electron chi connectivity index (χ3n) is 3.25. The normalized spacial score (nSPS) is 10.8. The number of nitro groups is 1. The standard InChI is InChI=1S/C16H13ClN2O5/c1-9-3-4-10(16(21)24-2)6-13(9)18-8-11-5-12(17)7-14(15(11)20)19(22)23/h3-8,20H,1-2H3. The summed E-state index contributed by atoms with van der Waals surface area (Å²) in [5.41, 5.74) is 1.13. The Labute approximate surface area is 142 Å². The Hall–Kier alpha value is -2.93. The van der Waals surface area contributed by atoms with Gasteiger partial charge in [0.15, 0.2) is 0 Å². The smallest absolute Gasteiger partial charge is 0.337 e. The zero-order chi connectivity index (χ0) is 17.9. The van der Waals surface area contributed by atoms with E-state index in [9.17, 15) is 20.0 Å². The number of halogens is 1. The SMILES string of the molecule is COC(=O)c1ccc(C)c(N=Cc2cc(Cl)cc([N+](=O)[O-])c2O)c1. The van der Waals surface area contributed by atoms with Gasteiger partial charge in [-0.2, -0.15) is 0 Å². The summed E-state index contributed by atoms with van der Waals surface area (Å²) in [7, 11) is 1.27. The summed E-state index contributed by atoms with van der Waals surface area (Å²) in [6.45, 7) is 1.79. The predicted molar refractivity (Wildman–Crippen MR) is 89.5 cm³/mol. The van der Waals surface area contributed by atoms with E-state index in [0.717, 1.165) is 11.6 Å². The lowest BCUT2D eigenvalue weighted by atomic mass is 10.1. The summed E-state index contributed by atoms with van der Waals surface area (Å²) in [4.78, 5) is 25.9. The minimum atomic E-state index is -0.734. The number of aromatic hydroxyl groups is 1. The fraction of sp³-hybridized carbons (Fsp3) is 0.125. The highest BCUT2D eigenvalue weighted by Crippen LogP contribution is 2.32. The highest BCUT2D eigenvalue weighted by molar-refractivity contribution is 6.31. The maximum Gasteiger partial charge on any atom is 0.337 e. The molecule has 0 saturated heterocycles. The summed E-state index contributed by atoms with van der Waals surface area (Å²) in [6.07, 6.45) is 1.25. The number of aryl methyl sites for hydroxylation is 1. The topological polar surface area (TPSA) is 102 Å². The minimum absolute atomic E-state index is 0.0945. The van der Waals surface area contributed by atoms with E-state index >= 15 is 0 Å². The van der Waals surface area contributed by atoms with Crippen molar-refractivity contribution >= 4 is 35.2 Å². The number of carbonyl (C=O) groups is 1. The Balaban J connectivity index is 2.45. The van der Waals surface area contributed by atoms with Crippen LogP contribution < -0.4 is 0 Å². The van der Waals surface area contributed by atoms with E-state index in [1.807, 2.05) is 0 Å². The van der Waals surface area contributed by atoms with Gasteiger partial charge < -0.3 is 9.84 Å². The van der Waals surface area contributed by atoms with Gasteiger partial charge in [-0.05, 0) is 30.7 Å². The van der Waals surface area contributed by atoms with Gasteiger partial charge in [0.05, 0.1) is 23.3 Å². The number of phenolic OH excluding ortho intramolecular Hbond substituents is 1. The first-order valence-corrected chi connectivity index (χ1v) is 7.11. The maximum absolute atomic E-state index is 11.6. The average molecular weight is 349 g/mol. The Morgan fingerprint density at radius 2 is 2.08 bits per heavy atom. The monoisotopic (exact) mass is 348 g/mol. The van der Waals surface area contributed by atoms with Crippen LogP contribution in [0.3, 0.4) is 0 Å². The molecular weight excluding hydrogens is 336 g/mol. The number of phenols is 1. The molecule has 24 heavy (non-hydrogen) atoms. The van der Waals surface area contributed by atoms with Crippen LogP contribution in [0.1, 0.15) is 21.5 Å². The summed E-state index contributed by atoms with van der Waals surface area (Å²) in [6, 6.07) is 7.22. The number of ether oxygens (including phenoxy) is 1. The summed E-state index contributed by atoms with van der Waals surface area (Å²) in [5, 5.41) is 20.9. The zero-order valence-electron chi connectivity index (χ0n) is 12.8. The zero-order valence-corrected chi connectivity index (χ0v) is 13.6. The van der Waals surface area contributed by atoms with E-state index in [1.54, 1.807) is 19.1 Å². The number of hydrogen-bond acceptors (Lipinski definition) is 6. The van der Waals surface area contributed by atoms with Gasteiger partial charge in [0.1, 0.15) is 0 Å². The number of esters is 1. The van der Waals surface area contributed by atoms with Gasteiger partial charge in [0, 0.05) is 22.9 Å². The molecule has 0 aliphatic rings. The molecule has 0 radical (unpaired) electrons. The van der Waals surface area contributed by atoms with E-state index in [4.69, 9.17) is 11.6 Å². The molecule has 0 fully saturated rings. The van der Waals surface area contributed by atoms with Gasteiger partial charge in [-0.15, -0.1) is 0 Å². The van der Waals surface area contributed by atoms with Crippen molar-refractivity contribution in [3.63, 3.8) is 0 Å². The molecule has 7 nitrogen and oxygen atoms in total. The van der Waals surface area contributed by atoms with Crippen molar-refractivity contribution < 1.29 is 19.6 Å². The first-order chi connectivity index (χ1) is 11.3. The van der Waals surface area contributed by atoms with Gasteiger partial charge in [-0.25, -0.2) is 4.79 Å². The van der Waals surface area contributed by atoms with Gasteiger partial charge in [-0.1, -0.05) is 17.7 Å². The lowest BCUT2D eigenvalue weighted by molar-refractivity contribution is -0.385. The van der Waals surface area contributed by atoms with Gasteiger partial charge in [0.25, 0.3) is 0 Å². The number of hydrogen-bond donors (Lipinski definition) is 1. The van der Waals surface area contributed by atoms with Crippen molar-refractivity contribution in [1.29, 1.82) is 0 Å². The van der Waals surface area contributed by atoms with Crippen LogP contribution in [0.25, 0.3) is 0 Å². The minimum Gasteiger partial charge on any atom is -0.502 e. The first kappa shape index (κ1) is 17.4. The van der Waals surface area contributed by atoms with Gasteiger partial charge in [0.2, 0.25) is 5.75 Å². The third-order valence-corrected chi connectivity index (χ3v) is 3.47. The molecule has 1 N–H and O–H groups in total. The molecule has 0 aliphatic carbocycles. The molecule has 2 rings (SSSR count). The summed E-state index contributed by atoms with van der Waals surface area (Å²) < 4.78 is 4.65. The lowest BCUT2D eigenvalue weighted by Crippen LogP contribution is -2.00. The maximum atomic E-state index is 11.6. The number of nitro benzene ring substituents is 1. The van der Waals surface area contributed by atoms with E-state index in [-0.39, 0.29) is 10.6 Å². The molecule has 0 aromatic heterocycles. The molecule has 0 bridgehead atoms. The van der Waals surface area contributed by atoms with Crippen molar-refractivity contribution in [2.75, 3.05) is 7.11 Å². The Bertz CT molecular complexity index is 849. The third kappa shape index (κ3) is 3.69. The van der Waals surface area contributed by atoms with Crippen molar-refractivity contribution in [2.24, 2.45) is 4.99 Å². The molecule has 2 aromatic rings. The van der Waals surface area contributed by atoms with E-state index in [2.05, 4.69) is 9.73 Å². The quantitative estimate of drug-likeness (QED) is 0.392. The highest BCUT2D eigenvalue weighted by atomic mass is 35.5. The van der Waals surface area contributed by atoms with Crippen LogP contribution in [-0.4, -0.2) is 29.3 Å². The molecule has 2 aromatic carbocycles. The van der Waals surface area contributed by atoms with E-state index in [0.29, 0.717) is 11.3 Å². The van der Waals surface area contributed by atoms with Crippen molar-refractivity contribution in [1.82, 2.24) is 0 Å². The Morgan fingerprint density at radius 1 is 1.38 bits per heavy atom. The second-order valence-electron chi connectivity index (χ2n) is 4.87. The predicted octanol–water partition coefficient (Wildman–Crippen LogP) is 3.80. The largest absolute Gasteiger partial charge is 0.502 e. The highest BCUT2D eigenvalue weighted by Gasteiger charge is 2.17. The average Bonchev–Trinajstić information content (AvgIpc) is 2.55. The van der Waals surface area contributed by atoms with Crippen LogP contribution in [0, 0.1) is 17.0 Å². The molecule has 0 amide bonds. The summed E-state index contributed by atoms with van der Waals surface area (Å²) >= 11 is 5.83. The number of aliphatic imine (C=N–C) groups is 1. The molecule has 0 spiro atoms. The van der Waals surface area contributed by atoms with Crippen LogP contribution in [0.15, 0.2) is 35.3 Å². The van der Waals surface area contributed by atoms with Crippen LogP contribution in [-0.2, 0) is 4.74 Å². The molecule has 0 aliphatic heterocycles. The lowest BCUT2D eigenvalue weighted by Gasteiger charge is -2.05. The molecule has 124 valence electrons. The number of carbonyl (C=O) groups excluding carboxylic acids is 1. The fourth-order valence-electron chi connectivity index (χ4n) is 1.98. The van der Waals surface area contributed by atoms with Crippen LogP contribution in [0.4, 0.5) is 11.4 Å². The fourth-order valence-corrected chi connectivity index (χ4v) is 2.20. The van der Waals surface area contributed by atoms with E-state index in [1.165, 1.54) is 25.5 Å². The molecule has 0 heterocycles. The Kier molecular flexibility index (Phi) is 5.15. The van der Waals surface area contributed by atoms with Crippen molar-refractivity contribution in [2.45, 2.75) is 6.92 Å². The molecule has 0 unspecified atom stereocenters. The second-order valence-corrected chi connectivity index (χ2v) is 5.31. The Morgan fingerprint density at radius 3 is 2.71 bits per heavy atom. The van der Waals surface area contributed by atoms with E-state index < -0.39 is 22.3 Å². The molecule has 0 atom stereocenters. The first-order valence-electron chi connectivity index (χ1n) is 6.73. The van der Waals surface area contributed by atoms with Crippen LogP contribution in [0.5, 0.6) is 5.75 Å². The van der Waals surface area contributed by atoms with Gasteiger partial charge >= 0.3 is 11.7 Å². The van der Waals surface area contributed by atoms with Crippen LogP contribution in [0.2, 0.25) is 5.02 Å². The number of nitrogens with zero attached hydrogens (tertiary/aromatic N) is 2. The summed E-state index contributed by atoms with van der Waals surface area (Å²) in [5.74, 6) is -1.04. The molecule has 8 heteroatoms. The van der Waals surface area contributed by atoms with Crippen molar-refractivity contribution in [3.05, 3.63) is 62.2 Å². The second kappa shape index (κ2) is 7.10. The number of methoxy groups -OCH3 is 1. The number of benzene rings is 2. The van der Waals surface area contributed by atoms with Gasteiger partial charge in [-0.3, -0.25) is 15.1 Å². The molecular formula is C16H13ClN2O5. The van der Waals surface area contributed by atoms with Crippen molar-refractivity contribution in [3.8, 4) is 5.75 Å².